The molecule has 0 amide bonds. The van der Waals surface area contributed by atoms with Crippen molar-refractivity contribution < 1.29 is 19.2 Å². The van der Waals surface area contributed by atoms with Crippen LogP contribution in [0.5, 0.6) is 11.5 Å². The van der Waals surface area contributed by atoms with Crippen LogP contribution in [0.15, 0.2) is 36.4 Å². The zero-order chi connectivity index (χ0) is 14.7. The minimum Gasteiger partial charge on any atom is -0.447 e. The van der Waals surface area contributed by atoms with Crippen LogP contribution in [0.1, 0.15) is 11.1 Å². The van der Waals surface area contributed by atoms with Crippen molar-refractivity contribution in [3.8, 4) is 11.5 Å². The van der Waals surface area contributed by atoms with Gasteiger partial charge in [0.05, 0.1) is 11.5 Å². The predicted octanol–water partition coefficient (Wildman–Crippen LogP) is 3.33. The van der Waals surface area contributed by atoms with Gasteiger partial charge in [-0.05, 0) is 24.6 Å². The van der Waals surface area contributed by atoms with E-state index in [1.165, 1.54) is 24.3 Å². The summed E-state index contributed by atoms with van der Waals surface area (Å²) in [7, 11) is 0. The maximum Gasteiger partial charge on any atom is 0.311 e. The van der Waals surface area contributed by atoms with E-state index in [9.17, 15) is 14.5 Å². The van der Waals surface area contributed by atoms with E-state index in [4.69, 9.17) is 9.84 Å². The molecule has 2 rings (SSSR count). The van der Waals surface area contributed by atoms with E-state index < -0.39 is 17.3 Å². The zero-order valence-electron chi connectivity index (χ0n) is 10.7. The highest BCUT2D eigenvalue weighted by Gasteiger charge is 2.19. The average Bonchev–Trinajstić information content (AvgIpc) is 2.42. The average molecular weight is 277 g/mol. The van der Waals surface area contributed by atoms with Gasteiger partial charge in [0, 0.05) is 11.6 Å². The van der Waals surface area contributed by atoms with Crippen molar-refractivity contribution in [1.29, 1.82) is 0 Å². The topological polar surface area (TPSA) is 72.6 Å². The monoisotopic (exact) mass is 277 g/mol. The second kappa shape index (κ2) is 5.66. The lowest BCUT2D eigenvalue weighted by atomic mass is 10.2. The summed E-state index contributed by atoms with van der Waals surface area (Å²) in [4.78, 5) is 10.4. The number of halogens is 1. The van der Waals surface area contributed by atoms with Crippen LogP contribution in [0.25, 0.3) is 0 Å². The van der Waals surface area contributed by atoms with E-state index in [0.29, 0.717) is 5.56 Å². The Kier molecular flexibility index (Phi) is 3.95. The lowest BCUT2D eigenvalue weighted by Crippen LogP contribution is -1.98. The van der Waals surface area contributed by atoms with Crippen molar-refractivity contribution in [3.63, 3.8) is 0 Å². The smallest absolute Gasteiger partial charge is 0.311 e. The lowest BCUT2D eigenvalue weighted by Gasteiger charge is -2.11. The third kappa shape index (κ3) is 2.75. The Morgan fingerprint density at radius 3 is 2.75 bits per heavy atom. The normalized spacial score (nSPS) is 10.3. The first kappa shape index (κ1) is 14.0. The Bertz CT molecular complexity index is 658. The van der Waals surface area contributed by atoms with Gasteiger partial charge in [0.1, 0.15) is 0 Å². The molecule has 0 aliphatic heterocycles. The quantitative estimate of drug-likeness (QED) is 0.687. The van der Waals surface area contributed by atoms with E-state index in [1.807, 2.05) is 0 Å². The van der Waals surface area contributed by atoms with Crippen LogP contribution < -0.4 is 4.74 Å². The number of benzene rings is 2. The molecule has 1 N–H and O–H groups in total. The first-order chi connectivity index (χ1) is 9.52. The van der Waals surface area contributed by atoms with Crippen molar-refractivity contribution >= 4 is 5.69 Å². The van der Waals surface area contributed by atoms with Crippen molar-refractivity contribution in [3.05, 3.63) is 63.5 Å². The van der Waals surface area contributed by atoms with Gasteiger partial charge in [-0.3, -0.25) is 10.1 Å². The molecule has 0 aliphatic carbocycles. The molecule has 0 aromatic heterocycles. The second-order valence-corrected chi connectivity index (χ2v) is 4.22. The highest BCUT2D eigenvalue weighted by atomic mass is 19.1. The number of aliphatic hydroxyl groups is 1. The molecule has 0 atom stereocenters. The van der Waals surface area contributed by atoms with Gasteiger partial charge in [-0.25, -0.2) is 4.39 Å². The van der Waals surface area contributed by atoms with Gasteiger partial charge in [-0.2, -0.15) is 0 Å². The van der Waals surface area contributed by atoms with E-state index in [-0.39, 0.29) is 22.7 Å². The number of nitrogens with zero attached hydrogens (tertiary/aromatic N) is 1. The van der Waals surface area contributed by atoms with Gasteiger partial charge >= 0.3 is 5.69 Å². The number of hydrogen-bond acceptors (Lipinski definition) is 4. The molecular weight excluding hydrogens is 265 g/mol. The molecule has 0 heterocycles. The first-order valence-corrected chi connectivity index (χ1v) is 5.84. The number of ether oxygens (including phenoxy) is 1. The summed E-state index contributed by atoms with van der Waals surface area (Å²) in [6.45, 7) is 1.28. The Morgan fingerprint density at radius 2 is 2.10 bits per heavy atom. The number of nitro benzene ring substituents is 1. The number of hydrogen-bond donors (Lipinski definition) is 1. The zero-order valence-corrected chi connectivity index (χ0v) is 10.7. The van der Waals surface area contributed by atoms with Crippen LogP contribution in [0, 0.1) is 22.9 Å². The van der Waals surface area contributed by atoms with Crippen LogP contribution >= 0.6 is 0 Å². The summed E-state index contributed by atoms with van der Waals surface area (Å²) < 4.78 is 19.0. The summed E-state index contributed by atoms with van der Waals surface area (Å²) in [6, 6.07) is 8.45. The summed E-state index contributed by atoms with van der Waals surface area (Å²) in [5.41, 5.74) is 0.664. The highest BCUT2D eigenvalue weighted by Crippen LogP contribution is 2.35. The minimum atomic E-state index is -0.688. The van der Waals surface area contributed by atoms with E-state index in [1.54, 1.807) is 13.0 Å². The number of nitro groups is 1. The number of rotatable bonds is 4. The maximum absolute atomic E-state index is 13.7. The fourth-order valence-corrected chi connectivity index (χ4v) is 1.76. The summed E-state index contributed by atoms with van der Waals surface area (Å²) in [6.07, 6.45) is 0. The fraction of sp³-hybridized carbons (Fsp3) is 0.143. The van der Waals surface area contributed by atoms with Crippen LogP contribution in [0.3, 0.4) is 0 Å². The van der Waals surface area contributed by atoms with E-state index >= 15 is 0 Å². The molecular formula is C14H12FNO4. The summed E-state index contributed by atoms with van der Waals surface area (Å²) in [5, 5.41) is 20.1. The van der Waals surface area contributed by atoms with Gasteiger partial charge in [-0.1, -0.05) is 18.2 Å². The molecule has 2 aromatic carbocycles. The largest absolute Gasteiger partial charge is 0.447 e. The van der Waals surface area contributed by atoms with E-state index in [2.05, 4.69) is 0 Å². The molecule has 0 unspecified atom stereocenters. The Morgan fingerprint density at radius 1 is 1.35 bits per heavy atom. The third-order valence-electron chi connectivity index (χ3n) is 2.74. The predicted molar refractivity (Wildman–Crippen MR) is 70.2 cm³/mol. The molecule has 0 bridgehead atoms. The second-order valence-electron chi connectivity index (χ2n) is 4.22. The number of para-hydroxylation sites is 1. The van der Waals surface area contributed by atoms with Crippen LogP contribution in [-0.2, 0) is 6.61 Å². The molecule has 0 saturated carbocycles. The molecule has 0 saturated heterocycles. The Labute approximate surface area is 114 Å². The minimum absolute atomic E-state index is 0.0691. The standard InChI is InChI=1S/C14H12FNO4/c1-9-5-6-13(12(7-9)16(18)19)20-14-10(8-17)3-2-4-11(14)15/h2-7,17H,8H2,1H3. The molecule has 0 aliphatic rings. The molecule has 6 heteroatoms. The Hall–Kier alpha value is -2.47. The summed E-state index contributed by atoms with van der Waals surface area (Å²) >= 11 is 0. The Balaban J connectivity index is 2.48. The molecule has 104 valence electrons. The van der Waals surface area contributed by atoms with Crippen molar-refractivity contribution in [2.45, 2.75) is 13.5 Å². The van der Waals surface area contributed by atoms with Crippen LogP contribution in [-0.4, -0.2) is 10.0 Å². The van der Waals surface area contributed by atoms with Crippen molar-refractivity contribution in [1.82, 2.24) is 0 Å². The van der Waals surface area contributed by atoms with Crippen molar-refractivity contribution in [2.24, 2.45) is 0 Å². The van der Waals surface area contributed by atoms with Crippen LogP contribution in [0.2, 0.25) is 0 Å². The van der Waals surface area contributed by atoms with E-state index in [0.717, 1.165) is 6.07 Å². The van der Waals surface area contributed by atoms with Gasteiger partial charge < -0.3 is 9.84 Å². The molecule has 0 fully saturated rings. The van der Waals surface area contributed by atoms with Gasteiger partial charge in [0.2, 0.25) is 5.75 Å². The molecule has 0 spiro atoms. The molecule has 20 heavy (non-hydrogen) atoms. The number of aryl methyl sites for hydroxylation is 1. The van der Waals surface area contributed by atoms with Crippen molar-refractivity contribution in [2.75, 3.05) is 0 Å². The maximum atomic E-state index is 13.7. The fourth-order valence-electron chi connectivity index (χ4n) is 1.76. The van der Waals surface area contributed by atoms with Gasteiger partial charge in [-0.15, -0.1) is 0 Å². The number of aliphatic hydroxyl groups excluding tert-OH is 1. The van der Waals surface area contributed by atoms with Gasteiger partial charge in [0.15, 0.2) is 11.6 Å². The molecule has 5 nitrogen and oxygen atoms in total. The van der Waals surface area contributed by atoms with Crippen LogP contribution in [0.4, 0.5) is 10.1 Å². The first-order valence-electron chi connectivity index (χ1n) is 5.84. The molecule has 0 radical (unpaired) electrons. The lowest BCUT2D eigenvalue weighted by molar-refractivity contribution is -0.385. The highest BCUT2D eigenvalue weighted by molar-refractivity contribution is 5.51. The van der Waals surface area contributed by atoms with Gasteiger partial charge in [0.25, 0.3) is 0 Å². The summed E-state index contributed by atoms with van der Waals surface area (Å²) in [5.74, 6) is -0.964. The molecule has 2 aromatic rings. The SMILES string of the molecule is Cc1ccc(Oc2c(F)cccc2CO)c([N+](=O)[O-])c1. The third-order valence-corrected chi connectivity index (χ3v) is 2.74.